The van der Waals surface area contributed by atoms with Gasteiger partial charge < -0.3 is 21.0 Å². The van der Waals surface area contributed by atoms with Crippen LogP contribution in [0.3, 0.4) is 0 Å². The molecule has 1 rings (SSSR count). The molecule has 16 heavy (non-hydrogen) atoms. The molecule has 5 heteroatoms. The van der Waals surface area contributed by atoms with Gasteiger partial charge in [-0.2, -0.15) is 0 Å². The van der Waals surface area contributed by atoms with Crippen molar-refractivity contribution in [2.24, 2.45) is 0 Å². The van der Waals surface area contributed by atoms with Crippen LogP contribution in [0, 0.1) is 16.2 Å². The van der Waals surface area contributed by atoms with Gasteiger partial charge in [-0.1, -0.05) is 0 Å². The van der Waals surface area contributed by atoms with Crippen LogP contribution in [-0.2, 0) is 0 Å². The zero-order chi connectivity index (χ0) is 12.0. The fraction of sp³-hybridized carbons (Fsp3) is 0.364. The van der Waals surface area contributed by atoms with Crippen molar-refractivity contribution in [2.45, 2.75) is 6.42 Å². The molecule has 0 radical (unpaired) electrons. The third kappa shape index (κ3) is 3.78. The van der Waals surface area contributed by atoms with Gasteiger partial charge in [-0.25, -0.2) is 0 Å². The highest BCUT2D eigenvalue weighted by Gasteiger charge is 2.15. The average molecular weight is 219 g/mol. The maximum Gasteiger partial charge on any atom is 0.122 e. The number of hydrogen-bond donors (Lipinski definition) is 4. The van der Waals surface area contributed by atoms with Gasteiger partial charge in [0, 0.05) is 43.2 Å². The fourth-order valence-corrected chi connectivity index (χ4v) is 1.42. The molecule has 1 aliphatic heterocycles. The molecule has 5 nitrogen and oxygen atoms in total. The number of hydrogen-bond acceptors (Lipinski definition) is 4. The lowest BCUT2D eigenvalue weighted by Crippen LogP contribution is -2.33. The Balaban J connectivity index is 2.55. The van der Waals surface area contributed by atoms with Crippen LogP contribution in [-0.4, -0.2) is 42.8 Å². The molecule has 1 saturated heterocycles. The number of nitrogens with zero attached hydrogens (tertiary/aromatic N) is 1. The Morgan fingerprint density at radius 3 is 2.94 bits per heavy atom. The van der Waals surface area contributed by atoms with E-state index in [1.165, 1.54) is 12.2 Å². The van der Waals surface area contributed by atoms with E-state index in [9.17, 15) is 0 Å². The predicted molar refractivity (Wildman–Crippen MR) is 66.7 cm³/mol. The molecular weight excluding hydrogens is 202 g/mol. The van der Waals surface area contributed by atoms with E-state index in [2.05, 4.69) is 10.2 Å². The van der Waals surface area contributed by atoms with E-state index in [1.54, 1.807) is 6.20 Å². The van der Waals surface area contributed by atoms with Gasteiger partial charge in [0.15, 0.2) is 0 Å². The Hall–Kier alpha value is -1.75. The third-order valence-electron chi connectivity index (χ3n) is 2.33. The molecule has 0 aromatic carbocycles. The second-order valence-electron chi connectivity index (χ2n) is 3.72. The number of amidine groups is 1. The molecule has 1 fully saturated rings. The SMILES string of the molecule is CN1CCC(=N)/C(=C\NC(=N)/C=C\C=N)C1. The maximum atomic E-state index is 7.76. The van der Waals surface area contributed by atoms with Crippen molar-refractivity contribution >= 4 is 17.8 Å². The van der Waals surface area contributed by atoms with Crippen molar-refractivity contribution in [3.8, 4) is 0 Å². The van der Waals surface area contributed by atoms with E-state index in [1.807, 2.05) is 7.05 Å². The second-order valence-corrected chi connectivity index (χ2v) is 3.72. The molecular formula is C11H17N5. The Labute approximate surface area is 95.4 Å². The minimum absolute atomic E-state index is 0.219. The molecule has 1 heterocycles. The zero-order valence-electron chi connectivity index (χ0n) is 9.38. The zero-order valence-corrected chi connectivity index (χ0v) is 9.38. The smallest absolute Gasteiger partial charge is 0.122 e. The Bertz CT molecular complexity index is 353. The summed E-state index contributed by atoms with van der Waals surface area (Å²) in [5.74, 6) is 0.219. The quantitative estimate of drug-likeness (QED) is 0.421. The summed E-state index contributed by atoms with van der Waals surface area (Å²) < 4.78 is 0. The van der Waals surface area contributed by atoms with Gasteiger partial charge in [0.1, 0.15) is 5.84 Å². The van der Waals surface area contributed by atoms with E-state index in [-0.39, 0.29) is 5.84 Å². The van der Waals surface area contributed by atoms with Crippen molar-refractivity contribution in [1.29, 1.82) is 16.2 Å². The highest BCUT2D eigenvalue weighted by Crippen LogP contribution is 2.09. The lowest BCUT2D eigenvalue weighted by Gasteiger charge is -2.25. The first-order valence-corrected chi connectivity index (χ1v) is 5.11. The van der Waals surface area contributed by atoms with Crippen molar-refractivity contribution < 1.29 is 0 Å². The van der Waals surface area contributed by atoms with E-state index in [0.29, 0.717) is 5.71 Å². The minimum Gasteiger partial charge on any atom is -0.347 e. The summed E-state index contributed by atoms with van der Waals surface area (Å²) in [5.41, 5.74) is 1.55. The van der Waals surface area contributed by atoms with E-state index in [0.717, 1.165) is 31.3 Å². The number of nitrogens with one attached hydrogen (secondary N) is 4. The summed E-state index contributed by atoms with van der Waals surface area (Å²) in [5, 5.41) is 24.8. The third-order valence-corrected chi connectivity index (χ3v) is 2.33. The van der Waals surface area contributed by atoms with Crippen LogP contribution in [0.4, 0.5) is 0 Å². The van der Waals surface area contributed by atoms with Crippen LogP contribution in [0.2, 0.25) is 0 Å². The van der Waals surface area contributed by atoms with Crippen LogP contribution < -0.4 is 5.32 Å². The van der Waals surface area contributed by atoms with Crippen molar-refractivity contribution in [1.82, 2.24) is 10.2 Å². The fourth-order valence-electron chi connectivity index (χ4n) is 1.42. The van der Waals surface area contributed by atoms with Gasteiger partial charge in [-0.05, 0) is 19.2 Å². The van der Waals surface area contributed by atoms with Gasteiger partial charge in [0.25, 0.3) is 0 Å². The van der Waals surface area contributed by atoms with E-state index in [4.69, 9.17) is 16.2 Å². The van der Waals surface area contributed by atoms with Gasteiger partial charge >= 0.3 is 0 Å². The standard InChI is InChI=1S/C11H17N5/c1-16-6-4-10(13)9(8-16)7-15-11(14)3-2-5-12/h2-3,5,7,12-13H,4,6,8H2,1H3,(H2,14,15)/b3-2-,9-7-,12-5?,13-10?. The van der Waals surface area contributed by atoms with Crippen molar-refractivity contribution in [2.75, 3.05) is 20.1 Å². The number of allylic oxidation sites excluding steroid dienone is 1. The molecule has 4 N–H and O–H groups in total. The number of piperidine rings is 1. The lowest BCUT2D eigenvalue weighted by atomic mass is 10.0. The summed E-state index contributed by atoms with van der Waals surface area (Å²) in [4.78, 5) is 2.14. The van der Waals surface area contributed by atoms with Crippen molar-refractivity contribution in [3.63, 3.8) is 0 Å². The topological polar surface area (TPSA) is 86.8 Å². The van der Waals surface area contributed by atoms with Crippen molar-refractivity contribution in [3.05, 3.63) is 23.9 Å². The van der Waals surface area contributed by atoms with Gasteiger partial charge in [-0.15, -0.1) is 0 Å². The molecule has 0 aromatic rings. The molecule has 0 bridgehead atoms. The Morgan fingerprint density at radius 2 is 2.25 bits per heavy atom. The van der Waals surface area contributed by atoms with E-state index < -0.39 is 0 Å². The van der Waals surface area contributed by atoms with Crippen LogP contribution in [0.5, 0.6) is 0 Å². The summed E-state index contributed by atoms with van der Waals surface area (Å²) in [7, 11) is 2.01. The summed E-state index contributed by atoms with van der Waals surface area (Å²) in [6, 6.07) is 0. The molecule has 1 aliphatic rings. The minimum atomic E-state index is 0.219. The molecule has 0 aliphatic carbocycles. The first-order chi connectivity index (χ1) is 7.63. The van der Waals surface area contributed by atoms with Crippen LogP contribution >= 0.6 is 0 Å². The molecule has 0 spiro atoms. The number of likely N-dealkylation sites (tertiary alicyclic amines) is 1. The molecule has 0 saturated carbocycles. The van der Waals surface area contributed by atoms with Crippen LogP contribution in [0.25, 0.3) is 0 Å². The first-order valence-electron chi connectivity index (χ1n) is 5.11. The van der Waals surface area contributed by atoms with Gasteiger partial charge in [-0.3, -0.25) is 5.41 Å². The molecule has 0 atom stereocenters. The Morgan fingerprint density at radius 1 is 1.50 bits per heavy atom. The average Bonchev–Trinajstić information content (AvgIpc) is 2.27. The van der Waals surface area contributed by atoms with Crippen LogP contribution in [0.1, 0.15) is 6.42 Å². The van der Waals surface area contributed by atoms with E-state index >= 15 is 0 Å². The van der Waals surface area contributed by atoms with Gasteiger partial charge in [0.05, 0.1) is 0 Å². The number of likely N-dealkylation sites (N-methyl/N-ethyl adjacent to an activating group) is 1. The van der Waals surface area contributed by atoms with Crippen LogP contribution in [0.15, 0.2) is 23.9 Å². The summed E-state index contributed by atoms with van der Waals surface area (Å²) in [6.45, 7) is 1.66. The normalized spacial score (nSPS) is 20.3. The summed E-state index contributed by atoms with van der Waals surface area (Å²) in [6.07, 6.45) is 6.56. The predicted octanol–water partition coefficient (Wildman–Crippen LogP) is 0.998. The summed E-state index contributed by atoms with van der Waals surface area (Å²) >= 11 is 0. The lowest BCUT2D eigenvalue weighted by molar-refractivity contribution is 0.364. The van der Waals surface area contributed by atoms with Gasteiger partial charge in [0.2, 0.25) is 0 Å². The monoisotopic (exact) mass is 219 g/mol. The number of rotatable bonds is 3. The highest BCUT2D eigenvalue weighted by molar-refractivity contribution is 6.00. The molecule has 0 unspecified atom stereocenters. The molecule has 0 aromatic heterocycles. The maximum absolute atomic E-state index is 7.76. The Kier molecular flexibility index (Phi) is 4.60. The molecule has 86 valence electrons. The second kappa shape index (κ2) is 5.97. The largest absolute Gasteiger partial charge is 0.347 e. The first kappa shape index (κ1) is 12.3. The highest BCUT2D eigenvalue weighted by atomic mass is 15.1. The molecule has 0 amide bonds.